The number of hydrogen-bond acceptors (Lipinski definition) is 6. The Balaban J connectivity index is 2.94. The lowest BCUT2D eigenvalue weighted by Gasteiger charge is -2.33. The molecule has 0 saturated carbocycles. The molecule has 0 spiro atoms. The van der Waals surface area contributed by atoms with Gasteiger partial charge < -0.3 is 24.3 Å². The summed E-state index contributed by atoms with van der Waals surface area (Å²) in [5.74, 6) is -1.45. The van der Waals surface area contributed by atoms with E-state index in [2.05, 4.69) is 9.47 Å². The van der Waals surface area contributed by atoms with E-state index >= 15 is 0 Å². The molecule has 0 aliphatic rings. The summed E-state index contributed by atoms with van der Waals surface area (Å²) in [7, 11) is 2.81. The van der Waals surface area contributed by atoms with Crippen molar-refractivity contribution >= 4 is 12.0 Å². The third-order valence-electron chi connectivity index (χ3n) is 3.85. The van der Waals surface area contributed by atoms with E-state index in [4.69, 9.17) is 9.47 Å². The van der Waals surface area contributed by atoms with Gasteiger partial charge in [-0.3, -0.25) is 5.32 Å². The Morgan fingerprint density at radius 1 is 1.00 bits per heavy atom. The monoisotopic (exact) mass is 476 g/mol. The number of benzene rings is 1. The number of amides is 2. The van der Waals surface area contributed by atoms with Crippen molar-refractivity contribution in [1.29, 1.82) is 0 Å². The van der Waals surface area contributed by atoms with Gasteiger partial charge in [-0.15, -0.1) is 0 Å². The predicted molar refractivity (Wildman–Crippen MR) is 97.2 cm³/mol. The molecule has 0 aliphatic carbocycles. The van der Waals surface area contributed by atoms with E-state index in [-0.39, 0.29) is 13.0 Å². The quantitative estimate of drug-likeness (QED) is 0.306. The van der Waals surface area contributed by atoms with E-state index in [1.54, 1.807) is 18.2 Å². The zero-order valence-corrected chi connectivity index (χ0v) is 17.3. The number of carbonyl (C=O) groups is 2. The fraction of sp³-hybridized carbons (Fsp3) is 0.556. The van der Waals surface area contributed by atoms with Crippen LogP contribution in [0.15, 0.2) is 18.2 Å². The molecule has 0 fully saturated rings. The molecule has 1 aromatic rings. The number of methoxy groups -OCH3 is 2. The molecule has 1 atom stereocenters. The van der Waals surface area contributed by atoms with Crippen molar-refractivity contribution in [2.24, 2.45) is 0 Å². The van der Waals surface area contributed by atoms with Gasteiger partial charge in [-0.25, -0.2) is 9.59 Å². The third kappa shape index (κ3) is 7.35. The number of hydrogen-bond donors (Lipinski definition) is 2. The number of nitrogens with one attached hydrogen (secondary N) is 2. The SMILES string of the molecule is CCOC(=O)[C@](NC(=O)NCCc1ccc(OC)c(OC)c1)(OCC(F)(F)F)C(F)(F)F. The highest BCUT2D eigenvalue weighted by Gasteiger charge is 2.66. The summed E-state index contributed by atoms with van der Waals surface area (Å²) in [6.07, 6.45) is -10.9. The highest BCUT2D eigenvalue weighted by molar-refractivity contribution is 5.87. The zero-order valence-electron chi connectivity index (χ0n) is 17.3. The van der Waals surface area contributed by atoms with Crippen LogP contribution in [0.4, 0.5) is 31.1 Å². The van der Waals surface area contributed by atoms with Crippen LogP contribution < -0.4 is 20.1 Å². The highest BCUT2D eigenvalue weighted by Crippen LogP contribution is 2.34. The number of esters is 1. The molecule has 0 aliphatic heterocycles. The predicted octanol–water partition coefficient (Wildman–Crippen LogP) is 2.95. The molecule has 32 heavy (non-hydrogen) atoms. The Morgan fingerprint density at radius 2 is 1.62 bits per heavy atom. The molecule has 1 aromatic carbocycles. The van der Waals surface area contributed by atoms with Gasteiger partial charge in [-0.1, -0.05) is 6.07 Å². The molecule has 0 radical (unpaired) electrons. The lowest BCUT2D eigenvalue weighted by atomic mass is 10.1. The molecule has 0 heterocycles. The molecule has 1 rings (SSSR count). The first kappa shape index (κ1) is 27.1. The van der Waals surface area contributed by atoms with Gasteiger partial charge in [0.05, 0.1) is 20.8 Å². The first-order chi connectivity index (χ1) is 14.8. The van der Waals surface area contributed by atoms with E-state index in [9.17, 15) is 35.9 Å². The minimum absolute atomic E-state index is 0.107. The topological polar surface area (TPSA) is 95.1 Å². The van der Waals surface area contributed by atoms with E-state index in [0.717, 1.165) is 12.2 Å². The van der Waals surface area contributed by atoms with Crippen LogP contribution in [0.1, 0.15) is 12.5 Å². The fourth-order valence-corrected chi connectivity index (χ4v) is 2.40. The second-order valence-electron chi connectivity index (χ2n) is 6.12. The number of ether oxygens (including phenoxy) is 4. The summed E-state index contributed by atoms with van der Waals surface area (Å²) in [6, 6.07) is 3.13. The summed E-state index contributed by atoms with van der Waals surface area (Å²) < 4.78 is 96.3. The van der Waals surface area contributed by atoms with Crippen molar-refractivity contribution in [2.75, 3.05) is 34.0 Å². The number of carbonyl (C=O) groups excluding carboxylic acids is 2. The van der Waals surface area contributed by atoms with E-state index in [0.29, 0.717) is 17.1 Å². The van der Waals surface area contributed by atoms with Gasteiger partial charge in [0.2, 0.25) is 0 Å². The Kier molecular flexibility index (Phi) is 9.42. The molecule has 14 heteroatoms. The maximum Gasteiger partial charge on any atom is 0.448 e. The Bertz CT molecular complexity index is 786. The van der Waals surface area contributed by atoms with Crippen molar-refractivity contribution in [1.82, 2.24) is 10.6 Å². The van der Waals surface area contributed by atoms with Gasteiger partial charge in [0, 0.05) is 6.54 Å². The lowest BCUT2D eigenvalue weighted by molar-refractivity contribution is -0.305. The van der Waals surface area contributed by atoms with Crippen LogP contribution in [0.5, 0.6) is 11.5 Å². The maximum atomic E-state index is 13.6. The van der Waals surface area contributed by atoms with Crippen LogP contribution in [-0.2, 0) is 20.7 Å². The lowest BCUT2D eigenvalue weighted by Crippen LogP contribution is -2.68. The number of urea groups is 1. The second-order valence-corrected chi connectivity index (χ2v) is 6.12. The summed E-state index contributed by atoms with van der Waals surface area (Å²) in [6.45, 7) is -2.17. The summed E-state index contributed by atoms with van der Waals surface area (Å²) >= 11 is 0. The van der Waals surface area contributed by atoms with Crippen molar-refractivity contribution in [2.45, 2.75) is 31.4 Å². The Hall–Kier alpha value is -2.90. The molecule has 0 unspecified atom stereocenters. The average molecular weight is 476 g/mol. The largest absolute Gasteiger partial charge is 0.493 e. The van der Waals surface area contributed by atoms with Gasteiger partial charge in [-0.2, -0.15) is 26.3 Å². The Labute approximate surface area is 179 Å². The molecule has 182 valence electrons. The average Bonchev–Trinajstić information content (AvgIpc) is 2.69. The minimum Gasteiger partial charge on any atom is -0.493 e. The van der Waals surface area contributed by atoms with Gasteiger partial charge >= 0.3 is 30.1 Å². The fourth-order valence-electron chi connectivity index (χ4n) is 2.40. The van der Waals surface area contributed by atoms with Crippen LogP contribution >= 0.6 is 0 Å². The molecular formula is C18H22F6N2O6. The Morgan fingerprint density at radius 3 is 2.12 bits per heavy atom. The van der Waals surface area contributed by atoms with E-state index in [1.807, 2.05) is 5.32 Å². The van der Waals surface area contributed by atoms with Crippen LogP contribution in [0.2, 0.25) is 0 Å². The second kappa shape index (κ2) is 11.1. The van der Waals surface area contributed by atoms with Crippen molar-refractivity contribution in [3.8, 4) is 11.5 Å². The molecule has 2 amide bonds. The van der Waals surface area contributed by atoms with Gasteiger partial charge in [0.1, 0.15) is 6.61 Å². The van der Waals surface area contributed by atoms with Crippen LogP contribution in [0.3, 0.4) is 0 Å². The number of halogens is 6. The number of rotatable bonds is 10. The standard InChI is InChI=1S/C18H22F6N2O6/c1-4-31-14(27)17(18(22,23)24,32-10-16(19,20)21)26-15(28)25-8-7-11-5-6-12(29-2)13(9-11)30-3/h5-6,9H,4,7-8,10H2,1-3H3,(H2,25,26,28)/t17-/m0/s1. The van der Waals surface area contributed by atoms with Crippen LogP contribution in [-0.4, -0.2) is 64.1 Å². The van der Waals surface area contributed by atoms with Crippen molar-refractivity contribution in [3.63, 3.8) is 0 Å². The molecule has 2 N–H and O–H groups in total. The first-order valence-electron chi connectivity index (χ1n) is 9.01. The molecule has 0 aromatic heterocycles. The van der Waals surface area contributed by atoms with Crippen LogP contribution in [0.25, 0.3) is 0 Å². The normalized spacial score (nSPS) is 13.7. The summed E-state index contributed by atoms with van der Waals surface area (Å²) in [5, 5.41) is 3.17. The minimum atomic E-state index is -5.76. The van der Waals surface area contributed by atoms with Gasteiger partial charge in [-0.05, 0) is 31.0 Å². The molecule has 8 nitrogen and oxygen atoms in total. The zero-order chi connectivity index (χ0) is 24.6. The van der Waals surface area contributed by atoms with Crippen molar-refractivity contribution < 1.29 is 54.9 Å². The van der Waals surface area contributed by atoms with Gasteiger partial charge in [0.25, 0.3) is 0 Å². The smallest absolute Gasteiger partial charge is 0.448 e. The van der Waals surface area contributed by atoms with E-state index < -0.39 is 43.3 Å². The summed E-state index contributed by atoms with van der Waals surface area (Å²) in [4.78, 5) is 23.9. The molecule has 0 bridgehead atoms. The maximum absolute atomic E-state index is 13.6. The third-order valence-corrected chi connectivity index (χ3v) is 3.85. The van der Waals surface area contributed by atoms with E-state index in [1.165, 1.54) is 14.2 Å². The van der Waals surface area contributed by atoms with Gasteiger partial charge in [0.15, 0.2) is 11.5 Å². The number of alkyl halides is 6. The summed E-state index contributed by atoms with van der Waals surface area (Å²) in [5.41, 5.74) is -3.75. The van der Waals surface area contributed by atoms with Crippen LogP contribution in [0, 0.1) is 0 Å². The molecule has 0 saturated heterocycles. The van der Waals surface area contributed by atoms with Crippen molar-refractivity contribution in [3.05, 3.63) is 23.8 Å². The highest BCUT2D eigenvalue weighted by atomic mass is 19.4. The first-order valence-corrected chi connectivity index (χ1v) is 9.01. The molecular weight excluding hydrogens is 454 g/mol.